The molecule has 0 aromatic heterocycles. The average molecular weight is 233 g/mol. The van der Waals surface area contributed by atoms with Crippen molar-refractivity contribution in [1.29, 1.82) is 0 Å². The van der Waals surface area contributed by atoms with Gasteiger partial charge in [0.25, 0.3) is 0 Å². The fraction of sp³-hybridized carbons (Fsp3) is 0.500. The predicted molar refractivity (Wildman–Crippen MR) is 68.6 cm³/mol. The lowest BCUT2D eigenvalue weighted by molar-refractivity contribution is 0.281. The second kappa shape index (κ2) is 4.40. The molecule has 1 atom stereocenters. The molecule has 1 aliphatic heterocycles. The summed E-state index contributed by atoms with van der Waals surface area (Å²) in [5.41, 5.74) is 1.06. The molecule has 1 aliphatic rings. The lowest BCUT2D eigenvalue weighted by Crippen LogP contribution is -2.20. The molecule has 3 nitrogen and oxygen atoms in total. The first-order valence-electron chi connectivity index (χ1n) is 5.86. The lowest BCUT2D eigenvalue weighted by atomic mass is 9.97. The van der Waals surface area contributed by atoms with Crippen molar-refractivity contribution in [3.8, 4) is 5.75 Å². The maximum Gasteiger partial charge on any atom is 0.189 e. The third kappa shape index (κ3) is 2.43. The van der Waals surface area contributed by atoms with Crippen LogP contribution in [0.2, 0.25) is 0 Å². The van der Waals surface area contributed by atoms with Gasteiger partial charge in [-0.15, -0.1) is 0 Å². The maximum absolute atomic E-state index is 5.68. The second-order valence-corrected chi connectivity index (χ2v) is 5.25. The monoisotopic (exact) mass is 233 g/mol. The maximum atomic E-state index is 5.68. The highest BCUT2D eigenvalue weighted by molar-refractivity contribution is 5.83. The van der Waals surface area contributed by atoms with E-state index in [1.807, 2.05) is 24.3 Å². The van der Waals surface area contributed by atoms with E-state index in [0.717, 1.165) is 17.2 Å². The normalized spacial score (nSPS) is 19.8. The van der Waals surface area contributed by atoms with Crippen LogP contribution in [-0.4, -0.2) is 19.6 Å². The highest BCUT2D eigenvalue weighted by Crippen LogP contribution is 2.33. The average Bonchev–Trinajstić information content (AvgIpc) is 2.77. The largest absolute Gasteiger partial charge is 0.496 e. The fourth-order valence-corrected chi connectivity index (χ4v) is 1.89. The molecule has 0 spiro atoms. The molecule has 92 valence electrons. The Labute approximate surface area is 102 Å². The summed E-state index contributed by atoms with van der Waals surface area (Å²) in [5, 5.41) is 0. The molecule has 0 bridgehead atoms. The van der Waals surface area contributed by atoms with Crippen LogP contribution in [-0.2, 0) is 4.74 Å². The predicted octanol–water partition coefficient (Wildman–Crippen LogP) is 3.21. The zero-order valence-corrected chi connectivity index (χ0v) is 10.9. The van der Waals surface area contributed by atoms with Crippen LogP contribution in [0, 0.1) is 5.41 Å². The lowest BCUT2D eigenvalue weighted by Gasteiger charge is -2.16. The van der Waals surface area contributed by atoms with Crippen molar-refractivity contribution in [3.63, 3.8) is 0 Å². The zero-order valence-electron chi connectivity index (χ0n) is 10.9. The van der Waals surface area contributed by atoms with Crippen LogP contribution in [0.4, 0.5) is 0 Å². The Bertz CT molecular complexity index is 432. The molecule has 1 heterocycles. The molecule has 0 fully saturated rings. The van der Waals surface area contributed by atoms with E-state index < -0.39 is 0 Å². The first kappa shape index (κ1) is 12.0. The van der Waals surface area contributed by atoms with E-state index in [-0.39, 0.29) is 11.5 Å². The molecule has 17 heavy (non-hydrogen) atoms. The molecule has 0 N–H and O–H groups in total. The Morgan fingerprint density at radius 3 is 2.59 bits per heavy atom. The van der Waals surface area contributed by atoms with E-state index in [2.05, 4.69) is 25.8 Å². The molecule has 0 unspecified atom stereocenters. The van der Waals surface area contributed by atoms with Gasteiger partial charge < -0.3 is 9.47 Å². The molecule has 0 saturated heterocycles. The smallest absolute Gasteiger partial charge is 0.189 e. The molecule has 3 heteroatoms. The fourth-order valence-electron chi connectivity index (χ4n) is 1.89. The summed E-state index contributed by atoms with van der Waals surface area (Å²) >= 11 is 0. The standard InChI is InChI=1S/C14H19NO2/c1-14(2,3)13-15-11(9-17-13)10-7-5-6-8-12(10)16-4/h5-8,11H,9H2,1-4H3/t11-/m1/s1. The van der Waals surface area contributed by atoms with Crippen LogP contribution in [0.5, 0.6) is 5.75 Å². The summed E-state index contributed by atoms with van der Waals surface area (Å²) in [6, 6.07) is 8.03. The Kier molecular flexibility index (Phi) is 3.09. The number of para-hydroxylation sites is 1. The van der Waals surface area contributed by atoms with Crippen molar-refractivity contribution in [2.45, 2.75) is 26.8 Å². The minimum absolute atomic E-state index is 0.0310. The number of benzene rings is 1. The van der Waals surface area contributed by atoms with Crippen LogP contribution in [0.1, 0.15) is 32.4 Å². The van der Waals surface area contributed by atoms with Gasteiger partial charge in [0.2, 0.25) is 0 Å². The molecule has 2 rings (SSSR count). The van der Waals surface area contributed by atoms with Gasteiger partial charge in [-0.3, -0.25) is 0 Å². The molecule has 1 aromatic carbocycles. The van der Waals surface area contributed by atoms with E-state index in [1.165, 1.54) is 0 Å². The number of methoxy groups -OCH3 is 1. The van der Waals surface area contributed by atoms with Gasteiger partial charge in [-0.2, -0.15) is 0 Å². The molecule has 0 aliphatic carbocycles. The SMILES string of the molecule is COc1ccccc1[C@H]1COC(C(C)(C)C)=N1. The molecular weight excluding hydrogens is 214 g/mol. The Balaban J connectivity index is 2.28. The number of nitrogens with zero attached hydrogens (tertiary/aromatic N) is 1. The van der Waals surface area contributed by atoms with Crippen molar-refractivity contribution in [3.05, 3.63) is 29.8 Å². The number of hydrogen-bond donors (Lipinski definition) is 0. The van der Waals surface area contributed by atoms with Gasteiger partial charge in [-0.1, -0.05) is 39.0 Å². The first-order valence-corrected chi connectivity index (χ1v) is 5.86. The summed E-state index contributed by atoms with van der Waals surface area (Å²) < 4.78 is 11.0. The van der Waals surface area contributed by atoms with Crippen LogP contribution >= 0.6 is 0 Å². The van der Waals surface area contributed by atoms with Gasteiger partial charge in [-0.25, -0.2) is 4.99 Å². The quantitative estimate of drug-likeness (QED) is 0.785. The summed E-state index contributed by atoms with van der Waals surface area (Å²) in [5.74, 6) is 1.70. The molecule has 0 saturated carbocycles. The van der Waals surface area contributed by atoms with Gasteiger partial charge in [0.15, 0.2) is 5.90 Å². The van der Waals surface area contributed by atoms with Gasteiger partial charge in [0.1, 0.15) is 18.4 Å². The van der Waals surface area contributed by atoms with E-state index in [1.54, 1.807) is 7.11 Å². The highest BCUT2D eigenvalue weighted by atomic mass is 16.5. The highest BCUT2D eigenvalue weighted by Gasteiger charge is 2.30. The number of rotatable bonds is 2. The van der Waals surface area contributed by atoms with E-state index >= 15 is 0 Å². The van der Waals surface area contributed by atoms with Crippen LogP contribution in [0.15, 0.2) is 29.3 Å². The molecular formula is C14H19NO2. The summed E-state index contributed by atoms with van der Waals surface area (Å²) in [6.45, 7) is 6.93. The summed E-state index contributed by atoms with van der Waals surface area (Å²) in [6.07, 6.45) is 0. The van der Waals surface area contributed by atoms with E-state index in [9.17, 15) is 0 Å². The Morgan fingerprint density at radius 2 is 2.00 bits per heavy atom. The van der Waals surface area contributed by atoms with Crippen molar-refractivity contribution < 1.29 is 9.47 Å². The summed E-state index contributed by atoms with van der Waals surface area (Å²) in [7, 11) is 1.68. The number of aliphatic imine (C=N–C) groups is 1. The molecule has 0 amide bonds. The molecule has 1 aromatic rings. The van der Waals surface area contributed by atoms with Gasteiger partial charge in [0, 0.05) is 11.0 Å². The molecule has 0 radical (unpaired) electrons. The third-order valence-corrected chi connectivity index (χ3v) is 2.79. The van der Waals surface area contributed by atoms with Crippen molar-refractivity contribution in [2.75, 3.05) is 13.7 Å². The second-order valence-electron chi connectivity index (χ2n) is 5.25. The van der Waals surface area contributed by atoms with Gasteiger partial charge in [-0.05, 0) is 6.07 Å². The van der Waals surface area contributed by atoms with Crippen LogP contribution < -0.4 is 4.74 Å². The number of ether oxygens (including phenoxy) is 2. The Morgan fingerprint density at radius 1 is 1.29 bits per heavy atom. The zero-order chi connectivity index (χ0) is 12.5. The third-order valence-electron chi connectivity index (χ3n) is 2.79. The van der Waals surface area contributed by atoms with E-state index in [0.29, 0.717) is 6.61 Å². The van der Waals surface area contributed by atoms with Gasteiger partial charge in [0.05, 0.1) is 7.11 Å². The minimum Gasteiger partial charge on any atom is -0.496 e. The van der Waals surface area contributed by atoms with Crippen LogP contribution in [0.3, 0.4) is 0 Å². The first-order chi connectivity index (χ1) is 8.02. The van der Waals surface area contributed by atoms with Crippen molar-refractivity contribution >= 4 is 5.90 Å². The minimum atomic E-state index is -0.0310. The van der Waals surface area contributed by atoms with Crippen molar-refractivity contribution in [2.24, 2.45) is 10.4 Å². The topological polar surface area (TPSA) is 30.8 Å². The van der Waals surface area contributed by atoms with Crippen molar-refractivity contribution in [1.82, 2.24) is 0 Å². The number of hydrogen-bond acceptors (Lipinski definition) is 3. The summed E-state index contributed by atoms with van der Waals surface area (Å²) in [4.78, 5) is 4.65. The van der Waals surface area contributed by atoms with Gasteiger partial charge >= 0.3 is 0 Å². The van der Waals surface area contributed by atoms with Crippen LogP contribution in [0.25, 0.3) is 0 Å². The van der Waals surface area contributed by atoms with E-state index in [4.69, 9.17) is 9.47 Å². The Hall–Kier alpha value is -1.51.